The number of phenolic OH excluding ortho intramolecular Hbond substituents is 1. The van der Waals surface area contributed by atoms with Gasteiger partial charge < -0.3 is 70.5 Å². The highest BCUT2D eigenvalue weighted by Gasteiger charge is 2.50. The van der Waals surface area contributed by atoms with Crippen LogP contribution in [0.1, 0.15) is 23.2 Å². The number of benzene rings is 1. The molecule has 16 heteroatoms. The molecule has 0 saturated carbocycles. The van der Waals surface area contributed by atoms with Crippen molar-refractivity contribution in [3.63, 3.8) is 0 Å². The highest BCUT2D eigenvalue weighted by atomic mass is 16.7. The molecule has 11 N–H and O–H groups in total. The fourth-order valence-corrected chi connectivity index (χ4v) is 4.64. The molecule has 2 aliphatic heterocycles. The Balaban J connectivity index is 1.47. The number of anilines is 1. The first kappa shape index (κ1) is 32.9. The quantitative estimate of drug-likeness (QED) is 0.0480. The van der Waals surface area contributed by atoms with E-state index in [9.17, 15) is 45.3 Å². The molecular weight excluding hydrogens is 552 g/mol. The second kappa shape index (κ2) is 15.0. The van der Waals surface area contributed by atoms with E-state index in [4.69, 9.17) is 29.4 Å². The third-order valence-electron chi connectivity index (χ3n) is 7.03. The Kier molecular flexibility index (Phi) is 12.0. The molecule has 0 bridgehead atoms. The molecule has 2 aliphatic rings. The number of ether oxygens (including phenoxy) is 5. The van der Waals surface area contributed by atoms with Gasteiger partial charge in [-0.1, -0.05) is 0 Å². The molecular formula is C25H39N2O14+. The maximum atomic E-state index is 12.6. The SMILES string of the molecule is C[NH2+]C1[C@H](O)OC(CO)[C@H](O)[C@@H]1CO[C@@H]1OC(C(=O)OCCCCOC(=O)c2cc(N)ccc2O)[C@H](O)[C@H](O)C1O. The first-order chi connectivity index (χ1) is 19.5. The summed E-state index contributed by atoms with van der Waals surface area (Å²) in [4.78, 5) is 24.7. The van der Waals surface area contributed by atoms with Crippen LogP contribution in [0, 0.1) is 5.92 Å². The van der Waals surface area contributed by atoms with Crippen LogP contribution in [0.15, 0.2) is 18.2 Å². The van der Waals surface area contributed by atoms with Gasteiger partial charge in [-0.15, -0.1) is 0 Å². The van der Waals surface area contributed by atoms with Gasteiger partial charge in [-0.2, -0.15) is 0 Å². The number of carbonyl (C=O) groups excluding carboxylic acids is 2. The number of unbranched alkanes of at least 4 members (excludes halogenated alkanes) is 1. The summed E-state index contributed by atoms with van der Waals surface area (Å²) in [5, 5.41) is 72.4. The van der Waals surface area contributed by atoms with Gasteiger partial charge in [-0.25, -0.2) is 9.59 Å². The fourth-order valence-electron chi connectivity index (χ4n) is 4.64. The average molecular weight is 592 g/mol. The summed E-state index contributed by atoms with van der Waals surface area (Å²) < 4.78 is 26.3. The lowest BCUT2D eigenvalue weighted by Gasteiger charge is -2.42. The zero-order chi connectivity index (χ0) is 30.3. The Morgan fingerprint density at radius 1 is 0.976 bits per heavy atom. The van der Waals surface area contributed by atoms with Crippen molar-refractivity contribution in [3.8, 4) is 5.75 Å². The lowest BCUT2D eigenvalue weighted by atomic mass is 9.88. The minimum atomic E-state index is -1.84. The van der Waals surface area contributed by atoms with Crippen molar-refractivity contribution in [2.75, 3.05) is 39.2 Å². The van der Waals surface area contributed by atoms with Gasteiger partial charge in [0.25, 0.3) is 0 Å². The van der Waals surface area contributed by atoms with E-state index in [0.29, 0.717) is 0 Å². The van der Waals surface area contributed by atoms with Gasteiger partial charge in [-0.3, -0.25) is 0 Å². The summed E-state index contributed by atoms with van der Waals surface area (Å²) in [5.74, 6) is -2.90. The number of esters is 2. The normalized spacial score (nSPS) is 33.7. The van der Waals surface area contributed by atoms with E-state index in [1.807, 2.05) is 0 Å². The molecule has 0 amide bonds. The number of carbonyl (C=O) groups is 2. The molecule has 41 heavy (non-hydrogen) atoms. The molecule has 232 valence electrons. The van der Waals surface area contributed by atoms with Gasteiger partial charge in [0.2, 0.25) is 6.29 Å². The lowest BCUT2D eigenvalue weighted by Crippen LogP contribution is -2.93. The van der Waals surface area contributed by atoms with Crippen LogP contribution < -0.4 is 11.1 Å². The van der Waals surface area contributed by atoms with Crippen molar-refractivity contribution >= 4 is 17.6 Å². The molecule has 2 heterocycles. The van der Waals surface area contributed by atoms with Crippen LogP contribution in [0.5, 0.6) is 5.75 Å². The Bertz CT molecular complexity index is 1010. The number of quaternary nitrogens is 1. The summed E-state index contributed by atoms with van der Waals surface area (Å²) in [7, 11) is 1.63. The van der Waals surface area contributed by atoms with E-state index in [2.05, 4.69) is 0 Å². The number of hydrogen-bond acceptors (Lipinski definition) is 15. The molecule has 4 unspecified atom stereocenters. The molecule has 2 saturated heterocycles. The van der Waals surface area contributed by atoms with Crippen LogP contribution in [0.4, 0.5) is 5.69 Å². The standard InChI is InChI=1S/C25H38N2O14/c1-27-16-13(17(30)15(9-28)40-23(16)35)10-39-25-20(33)18(31)19(32)21(41-25)24(36)38-7-3-2-6-37-22(34)12-8-11(26)4-5-14(12)29/h4-5,8,13,15-21,23,25,27-33,35H,2-3,6-7,9-10,26H2,1H3/p+1/t13-,15?,16?,17-,18+,19-,20?,21?,23-,25-/m1/s1. The largest absolute Gasteiger partial charge is 0.507 e. The van der Waals surface area contributed by atoms with Crippen molar-refractivity contribution in [1.82, 2.24) is 0 Å². The number of aliphatic hydroxyl groups excluding tert-OH is 6. The highest BCUT2D eigenvalue weighted by molar-refractivity contribution is 5.93. The lowest BCUT2D eigenvalue weighted by molar-refractivity contribution is -0.694. The second-order valence-corrected chi connectivity index (χ2v) is 9.83. The number of nitrogen functional groups attached to an aromatic ring is 1. The number of hydrogen-bond donors (Lipinski definition) is 9. The maximum absolute atomic E-state index is 12.6. The third kappa shape index (κ3) is 8.01. The van der Waals surface area contributed by atoms with Crippen LogP contribution >= 0.6 is 0 Å². The van der Waals surface area contributed by atoms with Crippen molar-refractivity contribution < 1.29 is 74.3 Å². The predicted octanol–water partition coefficient (Wildman–Crippen LogP) is -4.47. The monoisotopic (exact) mass is 591 g/mol. The smallest absolute Gasteiger partial charge is 0.341 e. The summed E-state index contributed by atoms with van der Waals surface area (Å²) >= 11 is 0. The number of nitrogens with two attached hydrogens (primary N) is 2. The van der Waals surface area contributed by atoms with Crippen LogP contribution in [0.3, 0.4) is 0 Å². The van der Waals surface area contributed by atoms with Gasteiger partial charge in [0.15, 0.2) is 12.4 Å². The molecule has 0 aromatic heterocycles. The molecule has 0 spiro atoms. The molecule has 0 radical (unpaired) electrons. The summed E-state index contributed by atoms with van der Waals surface area (Å²) in [5.41, 5.74) is 5.79. The zero-order valence-electron chi connectivity index (χ0n) is 22.4. The number of likely N-dealkylation sites (N-methyl/N-ethyl adjacent to an activating group) is 1. The third-order valence-corrected chi connectivity index (χ3v) is 7.03. The number of aromatic hydroxyl groups is 1. The highest BCUT2D eigenvalue weighted by Crippen LogP contribution is 2.27. The van der Waals surface area contributed by atoms with E-state index in [1.165, 1.54) is 18.2 Å². The Morgan fingerprint density at radius 2 is 1.66 bits per heavy atom. The van der Waals surface area contributed by atoms with E-state index >= 15 is 0 Å². The Hall–Kier alpha value is -2.64. The minimum Gasteiger partial charge on any atom is -0.507 e. The summed E-state index contributed by atoms with van der Waals surface area (Å²) in [6.45, 7) is -1.10. The van der Waals surface area contributed by atoms with Crippen LogP contribution in [0.25, 0.3) is 0 Å². The fraction of sp³-hybridized carbons (Fsp3) is 0.680. The molecule has 0 aliphatic carbocycles. The zero-order valence-corrected chi connectivity index (χ0v) is 22.4. The minimum absolute atomic E-state index is 0.0475. The van der Waals surface area contributed by atoms with E-state index < -0.39 is 79.7 Å². The van der Waals surface area contributed by atoms with Crippen molar-refractivity contribution in [3.05, 3.63) is 23.8 Å². The van der Waals surface area contributed by atoms with Gasteiger partial charge >= 0.3 is 11.9 Å². The van der Waals surface area contributed by atoms with E-state index in [-0.39, 0.29) is 49.7 Å². The van der Waals surface area contributed by atoms with Gasteiger partial charge in [0.1, 0.15) is 41.8 Å². The second-order valence-electron chi connectivity index (χ2n) is 9.83. The van der Waals surface area contributed by atoms with Crippen molar-refractivity contribution in [2.24, 2.45) is 5.92 Å². The molecule has 10 atom stereocenters. The van der Waals surface area contributed by atoms with E-state index in [0.717, 1.165) is 0 Å². The number of rotatable bonds is 12. The number of phenols is 1. The average Bonchev–Trinajstić information content (AvgIpc) is 2.95. The summed E-state index contributed by atoms with van der Waals surface area (Å²) in [6.07, 6.45) is -11.9. The summed E-state index contributed by atoms with van der Waals surface area (Å²) in [6, 6.07) is 3.26. The van der Waals surface area contributed by atoms with Crippen LogP contribution in [-0.2, 0) is 28.5 Å². The van der Waals surface area contributed by atoms with E-state index in [1.54, 1.807) is 12.4 Å². The molecule has 1 aromatic rings. The molecule has 2 fully saturated rings. The van der Waals surface area contributed by atoms with Gasteiger partial charge in [0, 0.05) is 5.69 Å². The molecule has 1 aromatic carbocycles. The Labute approximate surface area is 235 Å². The van der Waals surface area contributed by atoms with Crippen LogP contribution in [-0.4, -0.2) is 136 Å². The predicted molar refractivity (Wildman–Crippen MR) is 135 cm³/mol. The topological polar surface area (TPSA) is 265 Å². The van der Waals surface area contributed by atoms with Crippen molar-refractivity contribution in [2.45, 2.75) is 68.1 Å². The van der Waals surface area contributed by atoms with Crippen LogP contribution in [0.2, 0.25) is 0 Å². The maximum Gasteiger partial charge on any atom is 0.341 e. The Morgan fingerprint density at radius 3 is 2.32 bits per heavy atom. The first-order valence-electron chi connectivity index (χ1n) is 13.2. The van der Waals surface area contributed by atoms with Gasteiger partial charge in [-0.05, 0) is 31.0 Å². The van der Waals surface area contributed by atoms with Crippen molar-refractivity contribution in [1.29, 1.82) is 0 Å². The first-order valence-corrected chi connectivity index (χ1v) is 13.2. The van der Waals surface area contributed by atoms with Gasteiger partial charge in [0.05, 0.1) is 45.5 Å². The molecule has 3 rings (SSSR count). The molecule has 16 nitrogen and oxygen atoms in total. The number of aliphatic hydroxyl groups is 6.